The Hall–Kier alpha value is -1.87. The van der Waals surface area contributed by atoms with Gasteiger partial charge in [-0.25, -0.2) is 0 Å². The van der Waals surface area contributed by atoms with E-state index < -0.39 is 0 Å². The Labute approximate surface area is 121 Å². The molecule has 106 valence electrons. The second-order valence-corrected chi connectivity index (χ2v) is 4.79. The number of hydrogen-bond donors (Lipinski definition) is 1. The Bertz CT molecular complexity index is 507. The first-order valence-electron chi connectivity index (χ1n) is 7.27. The van der Waals surface area contributed by atoms with Crippen molar-refractivity contribution in [2.24, 2.45) is 0 Å². The minimum Gasteiger partial charge on any atom is -0.379 e. The van der Waals surface area contributed by atoms with Crippen LogP contribution in [0.1, 0.15) is 25.1 Å². The van der Waals surface area contributed by atoms with Crippen LogP contribution in [0.25, 0.3) is 0 Å². The molecule has 3 nitrogen and oxygen atoms in total. The molecule has 0 unspecified atom stereocenters. The van der Waals surface area contributed by atoms with Gasteiger partial charge in [0.1, 0.15) is 0 Å². The van der Waals surface area contributed by atoms with E-state index in [9.17, 15) is 0 Å². The average molecular weight is 269 g/mol. The number of rotatable bonds is 7. The lowest BCUT2D eigenvalue weighted by atomic mass is 10.1. The molecule has 1 heterocycles. The molecule has 1 aromatic carbocycles. The largest absolute Gasteiger partial charge is 0.379 e. The van der Waals surface area contributed by atoms with E-state index in [1.165, 1.54) is 11.3 Å². The number of nitrogens with zero attached hydrogens (tertiary/aromatic N) is 2. The minimum atomic E-state index is 0.760. The van der Waals surface area contributed by atoms with Crippen molar-refractivity contribution in [3.63, 3.8) is 0 Å². The molecular weight excluding hydrogens is 246 g/mol. The summed E-state index contributed by atoms with van der Waals surface area (Å²) in [5.41, 5.74) is 3.60. The maximum atomic E-state index is 4.34. The van der Waals surface area contributed by atoms with Crippen molar-refractivity contribution >= 4 is 5.69 Å². The van der Waals surface area contributed by atoms with Gasteiger partial charge in [-0.1, -0.05) is 38.1 Å². The first-order valence-corrected chi connectivity index (χ1v) is 7.27. The van der Waals surface area contributed by atoms with Crippen molar-refractivity contribution in [3.8, 4) is 0 Å². The van der Waals surface area contributed by atoms with Gasteiger partial charge in [0.05, 0.1) is 12.2 Å². The summed E-state index contributed by atoms with van der Waals surface area (Å²) in [6.45, 7) is 8.30. The average Bonchev–Trinajstić information content (AvgIpc) is 2.52. The molecule has 0 spiro atoms. The lowest BCUT2D eigenvalue weighted by Gasteiger charge is -2.20. The van der Waals surface area contributed by atoms with Gasteiger partial charge in [0.15, 0.2) is 0 Å². The standard InChI is InChI=1S/C17H23N3/c1-3-20(4-2)14-15-9-5-6-11-17(15)19-13-16-10-7-8-12-18-16/h5-12,19H,3-4,13-14H2,1-2H3. The highest BCUT2D eigenvalue weighted by Crippen LogP contribution is 2.17. The number of para-hydroxylation sites is 1. The van der Waals surface area contributed by atoms with E-state index in [1.807, 2.05) is 24.4 Å². The summed E-state index contributed by atoms with van der Waals surface area (Å²) in [6, 6.07) is 14.5. The van der Waals surface area contributed by atoms with Gasteiger partial charge in [-0.05, 0) is 36.9 Å². The van der Waals surface area contributed by atoms with E-state index in [0.717, 1.165) is 31.9 Å². The van der Waals surface area contributed by atoms with Crippen LogP contribution >= 0.6 is 0 Å². The van der Waals surface area contributed by atoms with Crippen molar-refractivity contribution in [3.05, 3.63) is 59.9 Å². The highest BCUT2D eigenvalue weighted by Gasteiger charge is 2.06. The summed E-state index contributed by atoms with van der Waals surface area (Å²) >= 11 is 0. The van der Waals surface area contributed by atoms with E-state index in [4.69, 9.17) is 0 Å². The fourth-order valence-corrected chi connectivity index (χ4v) is 2.21. The predicted octanol–water partition coefficient (Wildman–Crippen LogP) is 3.54. The molecule has 0 amide bonds. The first-order chi connectivity index (χ1) is 9.83. The second-order valence-electron chi connectivity index (χ2n) is 4.79. The third-order valence-corrected chi connectivity index (χ3v) is 3.49. The third kappa shape index (κ3) is 4.07. The zero-order valence-corrected chi connectivity index (χ0v) is 12.3. The summed E-state index contributed by atoms with van der Waals surface area (Å²) in [7, 11) is 0. The van der Waals surface area contributed by atoms with Crippen LogP contribution in [0, 0.1) is 0 Å². The SMILES string of the molecule is CCN(CC)Cc1ccccc1NCc1ccccn1. The molecule has 0 aliphatic heterocycles. The number of nitrogens with one attached hydrogen (secondary N) is 1. The Balaban J connectivity index is 2.04. The lowest BCUT2D eigenvalue weighted by molar-refractivity contribution is 0.296. The molecule has 1 N–H and O–H groups in total. The molecule has 3 heteroatoms. The molecule has 0 saturated carbocycles. The Morgan fingerprint density at radius 2 is 1.75 bits per heavy atom. The normalized spacial score (nSPS) is 10.8. The maximum absolute atomic E-state index is 4.34. The number of pyridine rings is 1. The van der Waals surface area contributed by atoms with Crippen molar-refractivity contribution in [1.29, 1.82) is 0 Å². The van der Waals surface area contributed by atoms with E-state index in [1.54, 1.807) is 0 Å². The molecule has 2 aromatic rings. The molecule has 2 rings (SSSR count). The zero-order valence-electron chi connectivity index (χ0n) is 12.3. The van der Waals surface area contributed by atoms with E-state index >= 15 is 0 Å². The van der Waals surface area contributed by atoms with Crippen LogP contribution in [0.15, 0.2) is 48.7 Å². The molecule has 1 aromatic heterocycles. The molecule has 0 bridgehead atoms. The molecule has 0 saturated heterocycles. The summed E-state index contributed by atoms with van der Waals surface area (Å²) < 4.78 is 0. The van der Waals surface area contributed by atoms with Crippen LogP contribution in [0.2, 0.25) is 0 Å². The number of anilines is 1. The maximum Gasteiger partial charge on any atom is 0.0594 e. The van der Waals surface area contributed by atoms with Crippen LogP contribution in [-0.4, -0.2) is 23.0 Å². The van der Waals surface area contributed by atoms with Crippen molar-refractivity contribution in [2.45, 2.75) is 26.9 Å². The number of benzene rings is 1. The Morgan fingerprint density at radius 1 is 1.00 bits per heavy atom. The fraction of sp³-hybridized carbons (Fsp3) is 0.353. The number of hydrogen-bond acceptors (Lipinski definition) is 3. The van der Waals surface area contributed by atoms with Gasteiger partial charge < -0.3 is 5.32 Å². The van der Waals surface area contributed by atoms with Crippen LogP contribution in [-0.2, 0) is 13.1 Å². The lowest BCUT2D eigenvalue weighted by Crippen LogP contribution is -2.22. The predicted molar refractivity (Wildman–Crippen MR) is 84.6 cm³/mol. The van der Waals surface area contributed by atoms with E-state index in [2.05, 4.69) is 53.3 Å². The van der Waals surface area contributed by atoms with Crippen LogP contribution in [0.4, 0.5) is 5.69 Å². The minimum absolute atomic E-state index is 0.760. The molecule has 0 aliphatic carbocycles. The van der Waals surface area contributed by atoms with Gasteiger partial charge in [-0.2, -0.15) is 0 Å². The molecular formula is C17H23N3. The van der Waals surface area contributed by atoms with Gasteiger partial charge in [-0.3, -0.25) is 9.88 Å². The van der Waals surface area contributed by atoms with Gasteiger partial charge in [0.25, 0.3) is 0 Å². The van der Waals surface area contributed by atoms with E-state index in [-0.39, 0.29) is 0 Å². The fourth-order valence-electron chi connectivity index (χ4n) is 2.21. The second kappa shape index (κ2) is 7.65. The van der Waals surface area contributed by atoms with Gasteiger partial charge in [0.2, 0.25) is 0 Å². The molecule has 0 fully saturated rings. The molecule has 0 aliphatic rings. The van der Waals surface area contributed by atoms with Gasteiger partial charge in [0, 0.05) is 18.4 Å². The monoisotopic (exact) mass is 269 g/mol. The topological polar surface area (TPSA) is 28.2 Å². The molecule has 20 heavy (non-hydrogen) atoms. The Kier molecular flexibility index (Phi) is 5.56. The molecule has 0 atom stereocenters. The highest BCUT2D eigenvalue weighted by atomic mass is 15.1. The van der Waals surface area contributed by atoms with Crippen molar-refractivity contribution < 1.29 is 0 Å². The van der Waals surface area contributed by atoms with Crippen LogP contribution in [0.5, 0.6) is 0 Å². The molecule has 0 radical (unpaired) electrons. The first kappa shape index (κ1) is 14.5. The van der Waals surface area contributed by atoms with Crippen molar-refractivity contribution in [1.82, 2.24) is 9.88 Å². The summed E-state index contributed by atoms with van der Waals surface area (Å²) in [6.07, 6.45) is 1.83. The van der Waals surface area contributed by atoms with Gasteiger partial charge >= 0.3 is 0 Å². The van der Waals surface area contributed by atoms with Crippen LogP contribution in [0.3, 0.4) is 0 Å². The van der Waals surface area contributed by atoms with Crippen molar-refractivity contribution in [2.75, 3.05) is 18.4 Å². The van der Waals surface area contributed by atoms with Gasteiger partial charge in [-0.15, -0.1) is 0 Å². The third-order valence-electron chi connectivity index (χ3n) is 3.49. The zero-order chi connectivity index (χ0) is 14.2. The van der Waals surface area contributed by atoms with Crippen LogP contribution < -0.4 is 5.32 Å². The Morgan fingerprint density at radius 3 is 2.45 bits per heavy atom. The van der Waals surface area contributed by atoms with E-state index in [0.29, 0.717) is 0 Å². The summed E-state index contributed by atoms with van der Waals surface area (Å²) in [5.74, 6) is 0. The quantitative estimate of drug-likeness (QED) is 0.833. The summed E-state index contributed by atoms with van der Waals surface area (Å²) in [4.78, 5) is 6.76. The highest BCUT2D eigenvalue weighted by molar-refractivity contribution is 5.51. The summed E-state index contributed by atoms with van der Waals surface area (Å²) in [5, 5.41) is 3.49. The smallest absolute Gasteiger partial charge is 0.0594 e. The number of aromatic nitrogens is 1.